The standard InChI is InChI=1S/C16H15ClFI/c17-11-14(9-12-1-5-15(18)6-2-12)10-13-3-7-16(19)8-4-13/h1-8,14H,9-11H2. The Labute approximate surface area is 132 Å². The van der Waals surface area contributed by atoms with Gasteiger partial charge in [0.05, 0.1) is 0 Å². The van der Waals surface area contributed by atoms with Crippen molar-refractivity contribution in [1.29, 1.82) is 0 Å². The van der Waals surface area contributed by atoms with Crippen LogP contribution in [0.15, 0.2) is 48.5 Å². The van der Waals surface area contributed by atoms with E-state index in [1.54, 1.807) is 0 Å². The summed E-state index contributed by atoms with van der Waals surface area (Å²) in [6.45, 7) is 0. The van der Waals surface area contributed by atoms with E-state index in [-0.39, 0.29) is 5.82 Å². The predicted octanol–water partition coefficient (Wildman–Crippen LogP) is 5.07. The average Bonchev–Trinajstić information content (AvgIpc) is 2.43. The summed E-state index contributed by atoms with van der Waals surface area (Å²) in [5, 5.41) is 0. The zero-order valence-electron chi connectivity index (χ0n) is 10.5. The molecule has 0 nitrogen and oxygen atoms in total. The number of rotatable bonds is 5. The Morgan fingerprint density at radius 2 is 1.37 bits per heavy atom. The Hall–Kier alpha value is -0.610. The highest BCUT2D eigenvalue weighted by Gasteiger charge is 2.10. The number of benzene rings is 2. The van der Waals surface area contributed by atoms with Crippen LogP contribution in [0, 0.1) is 15.3 Å². The first-order chi connectivity index (χ1) is 9.17. The largest absolute Gasteiger partial charge is 0.207 e. The summed E-state index contributed by atoms with van der Waals surface area (Å²) in [4.78, 5) is 0. The van der Waals surface area contributed by atoms with Crippen molar-refractivity contribution in [1.82, 2.24) is 0 Å². The van der Waals surface area contributed by atoms with Crippen LogP contribution in [0.2, 0.25) is 0 Å². The molecule has 0 radical (unpaired) electrons. The third-order valence-electron chi connectivity index (χ3n) is 3.09. The van der Waals surface area contributed by atoms with E-state index in [0.717, 1.165) is 18.4 Å². The Kier molecular flexibility index (Phi) is 5.64. The molecule has 2 aromatic rings. The van der Waals surface area contributed by atoms with Gasteiger partial charge in [-0.05, 0) is 76.7 Å². The van der Waals surface area contributed by atoms with Crippen LogP contribution in [0.3, 0.4) is 0 Å². The van der Waals surface area contributed by atoms with Crippen molar-refractivity contribution in [3.8, 4) is 0 Å². The first-order valence-corrected chi connectivity index (χ1v) is 7.83. The molecule has 100 valence electrons. The van der Waals surface area contributed by atoms with E-state index >= 15 is 0 Å². The minimum atomic E-state index is -0.191. The molecule has 0 spiro atoms. The lowest BCUT2D eigenvalue weighted by molar-refractivity contribution is 0.581. The molecule has 0 aliphatic heterocycles. The van der Waals surface area contributed by atoms with Gasteiger partial charge in [0.2, 0.25) is 0 Å². The smallest absolute Gasteiger partial charge is 0.123 e. The maximum atomic E-state index is 12.9. The van der Waals surface area contributed by atoms with Gasteiger partial charge in [0.25, 0.3) is 0 Å². The lowest BCUT2D eigenvalue weighted by Gasteiger charge is -2.14. The summed E-state index contributed by atoms with van der Waals surface area (Å²) in [6, 6.07) is 15.2. The highest BCUT2D eigenvalue weighted by molar-refractivity contribution is 14.1. The fourth-order valence-electron chi connectivity index (χ4n) is 2.09. The van der Waals surface area contributed by atoms with Gasteiger partial charge in [-0.3, -0.25) is 0 Å². The molecule has 0 aliphatic carbocycles. The van der Waals surface area contributed by atoms with Gasteiger partial charge >= 0.3 is 0 Å². The van der Waals surface area contributed by atoms with Crippen LogP contribution in [-0.2, 0) is 12.8 Å². The van der Waals surface area contributed by atoms with Crippen molar-refractivity contribution >= 4 is 34.2 Å². The summed E-state index contributed by atoms with van der Waals surface area (Å²) in [5.41, 5.74) is 2.44. The average molecular weight is 389 g/mol. The SMILES string of the molecule is Fc1ccc(CC(CCl)Cc2ccc(I)cc2)cc1. The topological polar surface area (TPSA) is 0 Å². The molecule has 0 aliphatic rings. The molecule has 0 saturated heterocycles. The second-order valence-corrected chi connectivity index (χ2v) is 6.24. The molecule has 0 fully saturated rings. The third kappa shape index (κ3) is 4.77. The van der Waals surface area contributed by atoms with Crippen molar-refractivity contribution in [2.45, 2.75) is 12.8 Å². The van der Waals surface area contributed by atoms with Crippen molar-refractivity contribution in [3.05, 3.63) is 69.0 Å². The summed E-state index contributed by atoms with van der Waals surface area (Å²) in [6.07, 6.45) is 1.84. The first-order valence-electron chi connectivity index (χ1n) is 6.22. The zero-order chi connectivity index (χ0) is 13.7. The van der Waals surface area contributed by atoms with E-state index in [9.17, 15) is 4.39 Å². The van der Waals surface area contributed by atoms with Crippen LogP contribution >= 0.6 is 34.2 Å². The molecule has 0 amide bonds. The van der Waals surface area contributed by atoms with Crippen LogP contribution in [0.5, 0.6) is 0 Å². The van der Waals surface area contributed by atoms with Crippen molar-refractivity contribution in [2.75, 3.05) is 5.88 Å². The molecule has 19 heavy (non-hydrogen) atoms. The molecule has 0 aromatic heterocycles. The van der Waals surface area contributed by atoms with Crippen LogP contribution in [0.25, 0.3) is 0 Å². The predicted molar refractivity (Wildman–Crippen MR) is 87.2 cm³/mol. The molecule has 0 heterocycles. The second-order valence-electron chi connectivity index (χ2n) is 4.68. The normalized spacial score (nSPS) is 12.4. The Bertz CT molecular complexity index is 460. The highest BCUT2D eigenvalue weighted by atomic mass is 127. The molecule has 2 aromatic carbocycles. The molecule has 0 bridgehead atoms. The molecular weight excluding hydrogens is 374 g/mol. The molecule has 1 atom stereocenters. The summed E-state index contributed by atoms with van der Waals surface area (Å²) in [7, 11) is 0. The summed E-state index contributed by atoms with van der Waals surface area (Å²) < 4.78 is 14.1. The minimum absolute atomic E-state index is 0.191. The minimum Gasteiger partial charge on any atom is -0.207 e. The fraction of sp³-hybridized carbons (Fsp3) is 0.250. The fourth-order valence-corrected chi connectivity index (χ4v) is 2.67. The van der Waals surface area contributed by atoms with Crippen LogP contribution in [0.4, 0.5) is 4.39 Å². The van der Waals surface area contributed by atoms with E-state index in [1.807, 2.05) is 12.1 Å². The Morgan fingerprint density at radius 1 is 0.895 bits per heavy atom. The quantitative estimate of drug-likeness (QED) is 0.495. The van der Waals surface area contributed by atoms with Gasteiger partial charge in [-0.1, -0.05) is 24.3 Å². The van der Waals surface area contributed by atoms with E-state index in [2.05, 4.69) is 46.9 Å². The second kappa shape index (κ2) is 7.25. The lowest BCUT2D eigenvalue weighted by atomic mass is 9.94. The lowest BCUT2D eigenvalue weighted by Crippen LogP contribution is -2.10. The maximum Gasteiger partial charge on any atom is 0.123 e. The first kappa shape index (κ1) is 14.8. The van der Waals surface area contributed by atoms with Gasteiger partial charge in [-0.2, -0.15) is 0 Å². The van der Waals surface area contributed by atoms with Gasteiger partial charge < -0.3 is 0 Å². The van der Waals surface area contributed by atoms with Gasteiger partial charge in [0, 0.05) is 9.45 Å². The van der Waals surface area contributed by atoms with Crippen molar-refractivity contribution in [3.63, 3.8) is 0 Å². The zero-order valence-corrected chi connectivity index (χ0v) is 13.4. The molecule has 0 saturated carbocycles. The van der Waals surface area contributed by atoms with E-state index < -0.39 is 0 Å². The Balaban J connectivity index is 2.00. The van der Waals surface area contributed by atoms with E-state index in [4.69, 9.17) is 11.6 Å². The monoisotopic (exact) mass is 388 g/mol. The molecule has 0 N–H and O–H groups in total. The number of halogens is 3. The highest BCUT2D eigenvalue weighted by Crippen LogP contribution is 2.17. The number of hydrogen-bond acceptors (Lipinski definition) is 0. The van der Waals surface area contributed by atoms with Gasteiger partial charge in [0.15, 0.2) is 0 Å². The summed E-state index contributed by atoms with van der Waals surface area (Å²) >= 11 is 8.35. The van der Waals surface area contributed by atoms with Crippen LogP contribution < -0.4 is 0 Å². The van der Waals surface area contributed by atoms with Crippen molar-refractivity contribution < 1.29 is 4.39 Å². The van der Waals surface area contributed by atoms with E-state index in [0.29, 0.717) is 11.8 Å². The van der Waals surface area contributed by atoms with Gasteiger partial charge in [0.1, 0.15) is 5.82 Å². The van der Waals surface area contributed by atoms with E-state index in [1.165, 1.54) is 21.3 Å². The van der Waals surface area contributed by atoms with Crippen molar-refractivity contribution in [2.24, 2.45) is 5.92 Å². The van der Waals surface area contributed by atoms with Gasteiger partial charge in [-0.15, -0.1) is 11.6 Å². The molecule has 1 unspecified atom stereocenters. The van der Waals surface area contributed by atoms with Crippen LogP contribution in [-0.4, -0.2) is 5.88 Å². The molecular formula is C16H15ClFI. The third-order valence-corrected chi connectivity index (χ3v) is 4.25. The number of alkyl halides is 1. The molecule has 2 rings (SSSR count). The number of hydrogen-bond donors (Lipinski definition) is 0. The molecule has 3 heteroatoms. The maximum absolute atomic E-state index is 12.9. The Morgan fingerprint density at radius 3 is 1.84 bits per heavy atom. The van der Waals surface area contributed by atoms with Crippen LogP contribution in [0.1, 0.15) is 11.1 Å². The summed E-state index contributed by atoms with van der Waals surface area (Å²) in [5.74, 6) is 0.805. The van der Waals surface area contributed by atoms with Gasteiger partial charge in [-0.25, -0.2) is 4.39 Å².